The van der Waals surface area contributed by atoms with Gasteiger partial charge in [-0.3, -0.25) is 4.79 Å². The summed E-state index contributed by atoms with van der Waals surface area (Å²) in [6.07, 6.45) is 6.66. The zero-order valence-corrected chi connectivity index (χ0v) is 17.5. The molecule has 1 N–H and O–H groups in total. The topological polar surface area (TPSA) is 52.7 Å². The van der Waals surface area contributed by atoms with E-state index in [9.17, 15) is 9.59 Å². The molecule has 1 saturated heterocycles. The lowest BCUT2D eigenvalue weighted by Crippen LogP contribution is -2.44. The standard InChI is InChI=1S/C23H35N3O2/c1-3-13-26(17-20-5-6-20)22(27)21-9-7-18(8-10-21)16-19-11-14-25(15-12-19)23(28)24-4-2/h7-10,19-20H,3-6,11-17H2,1-2H3,(H,24,28). The van der Waals surface area contributed by atoms with E-state index in [1.807, 2.05) is 28.9 Å². The minimum absolute atomic E-state index is 0.0617. The molecule has 2 fully saturated rings. The molecule has 5 nitrogen and oxygen atoms in total. The van der Waals surface area contributed by atoms with Crippen molar-refractivity contribution >= 4 is 11.9 Å². The van der Waals surface area contributed by atoms with Gasteiger partial charge in [-0.15, -0.1) is 0 Å². The quantitative estimate of drug-likeness (QED) is 0.737. The molecule has 0 atom stereocenters. The second-order valence-corrected chi connectivity index (χ2v) is 8.36. The van der Waals surface area contributed by atoms with Crippen LogP contribution < -0.4 is 5.32 Å². The molecule has 154 valence electrons. The maximum absolute atomic E-state index is 12.8. The van der Waals surface area contributed by atoms with Crippen molar-refractivity contribution in [2.45, 2.75) is 52.4 Å². The van der Waals surface area contributed by atoms with Gasteiger partial charge in [-0.25, -0.2) is 4.79 Å². The number of urea groups is 1. The Labute approximate surface area is 169 Å². The fourth-order valence-electron chi connectivity index (χ4n) is 4.06. The highest BCUT2D eigenvalue weighted by Crippen LogP contribution is 2.30. The Kier molecular flexibility index (Phi) is 7.35. The fraction of sp³-hybridized carbons (Fsp3) is 0.652. The van der Waals surface area contributed by atoms with Crippen LogP contribution in [-0.2, 0) is 6.42 Å². The summed E-state index contributed by atoms with van der Waals surface area (Å²) >= 11 is 0. The van der Waals surface area contributed by atoms with E-state index >= 15 is 0 Å². The van der Waals surface area contributed by atoms with Gasteiger partial charge < -0.3 is 15.1 Å². The second kappa shape index (κ2) is 9.94. The van der Waals surface area contributed by atoms with Crippen molar-refractivity contribution in [3.05, 3.63) is 35.4 Å². The molecule has 1 aliphatic heterocycles. The van der Waals surface area contributed by atoms with E-state index in [1.165, 1.54) is 18.4 Å². The maximum atomic E-state index is 12.8. The van der Waals surface area contributed by atoms with Gasteiger partial charge in [0.2, 0.25) is 0 Å². The minimum Gasteiger partial charge on any atom is -0.338 e. The molecule has 3 rings (SSSR count). The number of piperidine rings is 1. The molecule has 1 heterocycles. The van der Waals surface area contributed by atoms with Gasteiger partial charge in [0.05, 0.1) is 0 Å². The number of nitrogens with zero attached hydrogens (tertiary/aromatic N) is 2. The molecular weight excluding hydrogens is 350 g/mol. The Morgan fingerprint density at radius 1 is 1.04 bits per heavy atom. The number of benzene rings is 1. The van der Waals surface area contributed by atoms with E-state index < -0.39 is 0 Å². The number of carbonyl (C=O) groups excluding carboxylic acids is 2. The molecule has 5 heteroatoms. The number of hydrogen-bond acceptors (Lipinski definition) is 2. The van der Waals surface area contributed by atoms with Gasteiger partial charge >= 0.3 is 6.03 Å². The van der Waals surface area contributed by atoms with Gasteiger partial charge in [0.15, 0.2) is 0 Å². The van der Waals surface area contributed by atoms with Gasteiger partial charge in [-0.1, -0.05) is 19.1 Å². The number of rotatable bonds is 8. The van der Waals surface area contributed by atoms with Gasteiger partial charge in [-0.05, 0) is 75.0 Å². The lowest BCUT2D eigenvalue weighted by molar-refractivity contribution is 0.0747. The lowest BCUT2D eigenvalue weighted by Gasteiger charge is -2.32. The molecule has 0 radical (unpaired) electrons. The highest BCUT2D eigenvalue weighted by atomic mass is 16.2. The van der Waals surface area contributed by atoms with Crippen LogP contribution in [0.3, 0.4) is 0 Å². The number of hydrogen-bond donors (Lipinski definition) is 1. The summed E-state index contributed by atoms with van der Waals surface area (Å²) in [5.41, 5.74) is 2.10. The molecule has 2 aliphatic rings. The predicted octanol–water partition coefficient (Wildman–Crippen LogP) is 3.93. The molecule has 1 aromatic rings. The van der Waals surface area contributed by atoms with Crippen LogP contribution in [0, 0.1) is 11.8 Å². The van der Waals surface area contributed by atoms with Crippen LogP contribution in [0.15, 0.2) is 24.3 Å². The monoisotopic (exact) mass is 385 g/mol. The summed E-state index contributed by atoms with van der Waals surface area (Å²) in [6.45, 7) is 8.19. The van der Waals surface area contributed by atoms with Crippen LogP contribution in [0.5, 0.6) is 0 Å². The summed E-state index contributed by atoms with van der Waals surface area (Å²) in [4.78, 5) is 28.7. The molecule has 0 unspecified atom stereocenters. The van der Waals surface area contributed by atoms with Crippen molar-refractivity contribution in [2.24, 2.45) is 11.8 Å². The summed E-state index contributed by atoms with van der Waals surface area (Å²) in [5, 5.41) is 2.88. The first-order valence-corrected chi connectivity index (χ1v) is 11.0. The first-order valence-electron chi connectivity index (χ1n) is 11.0. The van der Waals surface area contributed by atoms with Gasteiger partial charge in [0, 0.05) is 38.3 Å². The highest BCUT2D eigenvalue weighted by molar-refractivity contribution is 5.94. The minimum atomic E-state index is 0.0617. The zero-order valence-electron chi connectivity index (χ0n) is 17.5. The summed E-state index contributed by atoms with van der Waals surface area (Å²) in [6, 6.07) is 8.29. The molecule has 1 aliphatic carbocycles. The molecule has 1 saturated carbocycles. The van der Waals surface area contributed by atoms with Crippen LogP contribution >= 0.6 is 0 Å². The SMILES string of the molecule is CCCN(CC1CC1)C(=O)c1ccc(CC2CCN(C(=O)NCC)CC2)cc1. The Hall–Kier alpha value is -2.04. The van der Waals surface area contributed by atoms with Crippen molar-refractivity contribution < 1.29 is 9.59 Å². The fourth-order valence-corrected chi connectivity index (χ4v) is 4.06. The smallest absolute Gasteiger partial charge is 0.317 e. The lowest BCUT2D eigenvalue weighted by atomic mass is 9.90. The normalized spacial score (nSPS) is 17.4. The van der Waals surface area contributed by atoms with Crippen LogP contribution in [0.4, 0.5) is 4.79 Å². The number of nitrogens with one attached hydrogen (secondary N) is 1. The third-order valence-corrected chi connectivity index (χ3v) is 5.91. The average molecular weight is 386 g/mol. The van der Waals surface area contributed by atoms with Crippen LogP contribution in [0.2, 0.25) is 0 Å². The Morgan fingerprint density at radius 3 is 2.29 bits per heavy atom. The van der Waals surface area contributed by atoms with Crippen molar-refractivity contribution in [1.29, 1.82) is 0 Å². The van der Waals surface area contributed by atoms with E-state index in [0.717, 1.165) is 63.3 Å². The van der Waals surface area contributed by atoms with Crippen LogP contribution in [0.1, 0.15) is 61.9 Å². The first kappa shape index (κ1) is 20.7. The van der Waals surface area contributed by atoms with Crippen molar-refractivity contribution in [2.75, 3.05) is 32.7 Å². The van der Waals surface area contributed by atoms with Crippen molar-refractivity contribution in [1.82, 2.24) is 15.1 Å². The molecular formula is C23H35N3O2. The number of amides is 3. The molecule has 0 bridgehead atoms. The zero-order chi connectivity index (χ0) is 19.9. The predicted molar refractivity (Wildman–Crippen MR) is 112 cm³/mol. The van der Waals surface area contributed by atoms with E-state index in [-0.39, 0.29) is 11.9 Å². The van der Waals surface area contributed by atoms with E-state index in [4.69, 9.17) is 0 Å². The largest absolute Gasteiger partial charge is 0.338 e. The third kappa shape index (κ3) is 5.73. The van der Waals surface area contributed by atoms with E-state index in [2.05, 4.69) is 24.4 Å². The van der Waals surface area contributed by atoms with E-state index in [0.29, 0.717) is 12.5 Å². The Balaban J connectivity index is 1.50. The number of likely N-dealkylation sites (tertiary alicyclic amines) is 1. The van der Waals surface area contributed by atoms with Crippen molar-refractivity contribution in [3.8, 4) is 0 Å². The molecule has 0 spiro atoms. The van der Waals surface area contributed by atoms with E-state index in [1.54, 1.807) is 0 Å². The average Bonchev–Trinajstić information content (AvgIpc) is 3.53. The Bertz CT molecular complexity index is 646. The maximum Gasteiger partial charge on any atom is 0.317 e. The van der Waals surface area contributed by atoms with Crippen LogP contribution in [0.25, 0.3) is 0 Å². The van der Waals surface area contributed by atoms with Crippen LogP contribution in [-0.4, -0.2) is 54.5 Å². The third-order valence-electron chi connectivity index (χ3n) is 5.91. The summed E-state index contributed by atoms with van der Waals surface area (Å²) in [5.74, 6) is 1.51. The highest BCUT2D eigenvalue weighted by Gasteiger charge is 2.27. The summed E-state index contributed by atoms with van der Waals surface area (Å²) < 4.78 is 0. The summed E-state index contributed by atoms with van der Waals surface area (Å²) in [7, 11) is 0. The number of carbonyl (C=O) groups is 2. The molecule has 28 heavy (non-hydrogen) atoms. The molecule has 3 amide bonds. The second-order valence-electron chi connectivity index (χ2n) is 8.36. The van der Waals surface area contributed by atoms with Gasteiger partial charge in [0.25, 0.3) is 5.91 Å². The molecule has 1 aromatic carbocycles. The Morgan fingerprint density at radius 2 is 1.71 bits per heavy atom. The molecule has 0 aromatic heterocycles. The first-order chi connectivity index (χ1) is 13.6. The van der Waals surface area contributed by atoms with Gasteiger partial charge in [-0.2, -0.15) is 0 Å². The van der Waals surface area contributed by atoms with Crippen molar-refractivity contribution in [3.63, 3.8) is 0 Å². The van der Waals surface area contributed by atoms with Gasteiger partial charge in [0.1, 0.15) is 0 Å².